The Balaban J connectivity index is 2.11. The summed E-state index contributed by atoms with van der Waals surface area (Å²) >= 11 is 0. The molecule has 3 heteroatoms. The summed E-state index contributed by atoms with van der Waals surface area (Å²) in [4.78, 5) is 11.8. The lowest BCUT2D eigenvalue weighted by molar-refractivity contribution is 0.0908. The maximum absolute atomic E-state index is 13.3. The highest BCUT2D eigenvalue weighted by Crippen LogP contribution is 2.33. The van der Waals surface area contributed by atoms with E-state index in [0.29, 0.717) is 0 Å². The molecule has 0 heterocycles. The van der Waals surface area contributed by atoms with Crippen molar-refractivity contribution in [3.63, 3.8) is 0 Å². The highest BCUT2D eigenvalue weighted by Gasteiger charge is 2.35. The Bertz CT molecular complexity index is 385. The van der Waals surface area contributed by atoms with Gasteiger partial charge in [-0.05, 0) is 31.4 Å². The first-order valence-corrected chi connectivity index (χ1v) is 5.17. The number of nitrogens with two attached hydrogens (primary N) is 1. The number of halogens is 1. The molecule has 0 unspecified atom stereocenters. The van der Waals surface area contributed by atoms with Gasteiger partial charge in [-0.1, -0.05) is 12.1 Å². The van der Waals surface area contributed by atoms with Crippen LogP contribution in [0.2, 0.25) is 0 Å². The summed E-state index contributed by atoms with van der Waals surface area (Å²) in [5.74, 6) is -0.638. The minimum atomic E-state index is -0.453. The van der Waals surface area contributed by atoms with Crippen LogP contribution >= 0.6 is 0 Å². The predicted octanol–water partition coefficient (Wildman–Crippen LogP) is 2.28. The average Bonchev–Trinajstić information content (AvgIpc) is 2.16. The Hall–Kier alpha value is -1.22. The van der Waals surface area contributed by atoms with Crippen LogP contribution in [-0.2, 0) is 0 Å². The van der Waals surface area contributed by atoms with Crippen molar-refractivity contribution in [3.05, 3.63) is 35.6 Å². The van der Waals surface area contributed by atoms with E-state index in [0.717, 1.165) is 19.3 Å². The summed E-state index contributed by atoms with van der Waals surface area (Å²) < 4.78 is 13.3. The molecule has 0 aromatic heterocycles. The van der Waals surface area contributed by atoms with Gasteiger partial charge in [-0.3, -0.25) is 4.79 Å². The van der Waals surface area contributed by atoms with Crippen LogP contribution in [0.5, 0.6) is 0 Å². The van der Waals surface area contributed by atoms with Gasteiger partial charge in [-0.25, -0.2) is 4.39 Å². The fraction of sp³-hybridized carbons (Fsp3) is 0.417. The highest BCUT2D eigenvalue weighted by molar-refractivity contribution is 5.97. The molecule has 2 nitrogen and oxygen atoms in total. The molecular weight excluding hydrogens is 193 g/mol. The van der Waals surface area contributed by atoms with Gasteiger partial charge in [0.1, 0.15) is 5.82 Å². The fourth-order valence-corrected chi connectivity index (χ4v) is 1.91. The minimum absolute atomic E-state index is 0.161. The average molecular weight is 207 g/mol. The van der Waals surface area contributed by atoms with E-state index in [1.807, 2.05) is 0 Å². The van der Waals surface area contributed by atoms with Crippen LogP contribution in [-0.4, -0.2) is 11.3 Å². The third kappa shape index (κ3) is 2.07. The van der Waals surface area contributed by atoms with Gasteiger partial charge >= 0.3 is 0 Å². The van der Waals surface area contributed by atoms with Gasteiger partial charge in [0.2, 0.25) is 0 Å². The van der Waals surface area contributed by atoms with Crippen molar-refractivity contribution < 1.29 is 9.18 Å². The van der Waals surface area contributed by atoms with Gasteiger partial charge in [-0.2, -0.15) is 0 Å². The smallest absolute Gasteiger partial charge is 0.167 e. The Kier molecular flexibility index (Phi) is 2.57. The molecule has 1 saturated carbocycles. The number of rotatable bonds is 3. The van der Waals surface area contributed by atoms with E-state index in [4.69, 9.17) is 5.73 Å². The van der Waals surface area contributed by atoms with Crippen LogP contribution in [0.1, 0.15) is 36.0 Å². The normalized spacial score (nSPS) is 18.3. The number of carbonyl (C=O) groups is 1. The summed E-state index contributed by atoms with van der Waals surface area (Å²) in [6.45, 7) is 0. The maximum Gasteiger partial charge on any atom is 0.167 e. The number of hydrogen-bond donors (Lipinski definition) is 1. The Labute approximate surface area is 88.3 Å². The lowest BCUT2D eigenvalue weighted by atomic mass is 9.74. The fourth-order valence-electron chi connectivity index (χ4n) is 1.91. The minimum Gasteiger partial charge on any atom is -0.325 e. The van der Waals surface area contributed by atoms with Gasteiger partial charge in [0.05, 0.1) is 5.56 Å². The van der Waals surface area contributed by atoms with Crippen LogP contribution in [0.4, 0.5) is 4.39 Å². The Morgan fingerprint density at radius 1 is 1.40 bits per heavy atom. The van der Waals surface area contributed by atoms with Crippen LogP contribution in [0.25, 0.3) is 0 Å². The van der Waals surface area contributed by atoms with Crippen molar-refractivity contribution in [2.24, 2.45) is 5.73 Å². The monoisotopic (exact) mass is 207 g/mol. The number of hydrogen-bond acceptors (Lipinski definition) is 2. The van der Waals surface area contributed by atoms with E-state index in [-0.39, 0.29) is 23.3 Å². The molecule has 1 aliphatic rings. The molecule has 2 rings (SSSR count). The molecule has 15 heavy (non-hydrogen) atoms. The summed E-state index contributed by atoms with van der Waals surface area (Å²) in [7, 11) is 0. The lowest BCUT2D eigenvalue weighted by Gasteiger charge is -2.37. The second-order valence-corrected chi connectivity index (χ2v) is 4.30. The van der Waals surface area contributed by atoms with Crippen molar-refractivity contribution in [1.29, 1.82) is 0 Å². The summed E-state index contributed by atoms with van der Waals surface area (Å²) in [5.41, 5.74) is 5.73. The van der Waals surface area contributed by atoms with Gasteiger partial charge in [0.25, 0.3) is 0 Å². The Morgan fingerprint density at radius 2 is 2.07 bits per heavy atom. The van der Waals surface area contributed by atoms with Crippen LogP contribution in [0, 0.1) is 5.82 Å². The molecule has 0 radical (unpaired) electrons. The zero-order valence-corrected chi connectivity index (χ0v) is 8.50. The van der Waals surface area contributed by atoms with Crippen LogP contribution in [0.15, 0.2) is 24.3 Å². The molecule has 0 bridgehead atoms. The standard InChI is InChI=1S/C12H14FNO/c13-10-5-2-1-4-9(10)11(15)8-12(14)6-3-7-12/h1-2,4-5H,3,6-8,14H2. The third-order valence-corrected chi connectivity index (χ3v) is 3.04. The van der Waals surface area contributed by atoms with Crippen molar-refractivity contribution in [2.75, 3.05) is 0 Å². The molecule has 1 aromatic carbocycles. The van der Waals surface area contributed by atoms with Crippen LogP contribution < -0.4 is 5.73 Å². The van der Waals surface area contributed by atoms with Gasteiger partial charge in [-0.15, -0.1) is 0 Å². The summed E-state index contributed by atoms with van der Waals surface area (Å²) in [5, 5.41) is 0. The SMILES string of the molecule is NC1(CC(=O)c2ccccc2F)CCC1. The zero-order chi connectivity index (χ0) is 10.9. The summed E-state index contributed by atoms with van der Waals surface area (Å²) in [6.07, 6.45) is 3.06. The third-order valence-electron chi connectivity index (χ3n) is 3.04. The van der Waals surface area contributed by atoms with E-state index in [1.54, 1.807) is 12.1 Å². The molecule has 1 fully saturated rings. The van der Waals surface area contributed by atoms with Crippen molar-refractivity contribution in [2.45, 2.75) is 31.2 Å². The van der Waals surface area contributed by atoms with E-state index in [2.05, 4.69) is 0 Å². The second kappa shape index (κ2) is 3.74. The first-order chi connectivity index (χ1) is 7.11. The molecular formula is C12H14FNO. The largest absolute Gasteiger partial charge is 0.325 e. The first-order valence-electron chi connectivity index (χ1n) is 5.17. The Morgan fingerprint density at radius 3 is 2.60 bits per heavy atom. The van der Waals surface area contributed by atoms with Crippen molar-refractivity contribution in [1.82, 2.24) is 0 Å². The molecule has 0 saturated heterocycles. The number of Topliss-reactive ketones (excluding diaryl/α,β-unsaturated/α-hetero) is 1. The van der Waals surface area contributed by atoms with Crippen molar-refractivity contribution >= 4 is 5.78 Å². The van der Waals surface area contributed by atoms with Crippen molar-refractivity contribution in [3.8, 4) is 0 Å². The number of benzene rings is 1. The zero-order valence-electron chi connectivity index (χ0n) is 8.50. The first kappa shape index (κ1) is 10.3. The maximum atomic E-state index is 13.3. The van der Waals surface area contributed by atoms with E-state index in [1.165, 1.54) is 12.1 Å². The van der Waals surface area contributed by atoms with Gasteiger partial charge in [0, 0.05) is 12.0 Å². The van der Waals surface area contributed by atoms with E-state index >= 15 is 0 Å². The number of carbonyl (C=O) groups excluding carboxylic acids is 1. The molecule has 80 valence electrons. The molecule has 1 aliphatic carbocycles. The van der Waals surface area contributed by atoms with E-state index in [9.17, 15) is 9.18 Å². The molecule has 2 N–H and O–H groups in total. The molecule has 0 amide bonds. The molecule has 0 spiro atoms. The number of ketones is 1. The summed E-state index contributed by atoms with van der Waals surface area (Å²) in [6, 6.07) is 6.06. The van der Waals surface area contributed by atoms with E-state index < -0.39 is 5.82 Å². The lowest BCUT2D eigenvalue weighted by Crippen LogP contribution is -2.48. The highest BCUT2D eigenvalue weighted by atomic mass is 19.1. The quantitative estimate of drug-likeness (QED) is 0.773. The van der Waals surface area contributed by atoms with Gasteiger partial charge in [0.15, 0.2) is 5.78 Å². The predicted molar refractivity (Wildman–Crippen MR) is 56.1 cm³/mol. The molecule has 1 aromatic rings. The van der Waals surface area contributed by atoms with Crippen LogP contribution in [0.3, 0.4) is 0 Å². The molecule has 0 atom stereocenters. The topological polar surface area (TPSA) is 43.1 Å². The second-order valence-electron chi connectivity index (χ2n) is 4.30. The van der Waals surface area contributed by atoms with Gasteiger partial charge < -0.3 is 5.73 Å². The molecule has 0 aliphatic heterocycles.